The lowest BCUT2D eigenvalue weighted by molar-refractivity contribution is -0.151. The van der Waals surface area contributed by atoms with E-state index in [-0.39, 0.29) is 24.6 Å². The first-order valence-electron chi connectivity index (χ1n) is 9.35. The average Bonchev–Trinajstić information content (AvgIpc) is 2.66. The van der Waals surface area contributed by atoms with Crippen LogP contribution in [0.5, 0.6) is 0 Å². The molecule has 0 radical (unpaired) electrons. The van der Waals surface area contributed by atoms with E-state index in [1.807, 2.05) is 69.3 Å². The van der Waals surface area contributed by atoms with E-state index in [4.69, 9.17) is 4.74 Å². The lowest BCUT2D eigenvalue weighted by atomic mass is 9.76. The number of halogens is 1. The molecule has 1 atom stereocenters. The van der Waals surface area contributed by atoms with Crippen LogP contribution in [0.1, 0.15) is 51.2 Å². The van der Waals surface area contributed by atoms with Crippen molar-refractivity contribution in [1.29, 1.82) is 0 Å². The van der Waals surface area contributed by atoms with E-state index in [0.717, 1.165) is 27.5 Å². The second-order valence-electron chi connectivity index (χ2n) is 8.08. The van der Waals surface area contributed by atoms with Gasteiger partial charge in [0, 0.05) is 10.2 Å². The predicted octanol–water partition coefficient (Wildman–Crippen LogP) is 5.48. The quantitative estimate of drug-likeness (QED) is 0.382. The maximum Gasteiger partial charge on any atom is 0.316 e. The summed E-state index contributed by atoms with van der Waals surface area (Å²) in [6.45, 7) is 6.48. The number of carbonyl (C=O) groups is 1. The number of aliphatic hydroxyl groups excluding tert-OH is 1. The Labute approximate surface area is 176 Å². The molecule has 0 spiro atoms. The fraction of sp³-hybridized carbons (Fsp3) is 0.435. The van der Waals surface area contributed by atoms with E-state index in [9.17, 15) is 9.90 Å². The molecule has 1 N–H and O–H groups in total. The van der Waals surface area contributed by atoms with E-state index >= 15 is 0 Å². The summed E-state index contributed by atoms with van der Waals surface area (Å²) in [4.78, 5) is 13.1. The Morgan fingerprint density at radius 2 is 1.74 bits per heavy atom. The third-order valence-corrected chi connectivity index (χ3v) is 5.75. The van der Waals surface area contributed by atoms with Crippen molar-refractivity contribution in [3.8, 4) is 0 Å². The Kier molecular flexibility index (Phi) is 7.86. The highest BCUT2D eigenvalue weighted by Crippen LogP contribution is 2.34. The van der Waals surface area contributed by atoms with Crippen molar-refractivity contribution >= 4 is 28.6 Å². The highest BCUT2D eigenvalue weighted by Gasteiger charge is 2.37. The topological polar surface area (TPSA) is 46.5 Å². The van der Waals surface area contributed by atoms with E-state index < -0.39 is 5.41 Å². The summed E-state index contributed by atoms with van der Waals surface area (Å²) >= 11 is 2.27. The van der Waals surface area contributed by atoms with Crippen LogP contribution < -0.4 is 0 Å². The lowest BCUT2D eigenvalue weighted by Crippen LogP contribution is -2.35. The van der Waals surface area contributed by atoms with Crippen molar-refractivity contribution in [1.82, 2.24) is 0 Å². The van der Waals surface area contributed by atoms with Gasteiger partial charge >= 0.3 is 5.97 Å². The maximum absolute atomic E-state index is 13.1. The molecule has 0 amide bonds. The summed E-state index contributed by atoms with van der Waals surface area (Å²) in [5, 5.41) is 9.50. The van der Waals surface area contributed by atoms with Crippen LogP contribution in [0.3, 0.4) is 0 Å². The van der Waals surface area contributed by atoms with Gasteiger partial charge in [0.2, 0.25) is 0 Å². The molecule has 146 valence electrons. The zero-order valence-corrected chi connectivity index (χ0v) is 18.5. The Morgan fingerprint density at radius 3 is 2.37 bits per heavy atom. The van der Waals surface area contributed by atoms with Gasteiger partial charge in [-0.1, -0.05) is 62.7 Å². The zero-order valence-electron chi connectivity index (χ0n) is 16.4. The van der Waals surface area contributed by atoms with Crippen LogP contribution in [-0.4, -0.2) is 17.7 Å². The first-order valence-corrected chi connectivity index (χ1v) is 10.4. The van der Waals surface area contributed by atoms with Crippen molar-refractivity contribution in [2.45, 2.75) is 52.1 Å². The van der Waals surface area contributed by atoms with E-state index in [1.165, 1.54) is 0 Å². The molecule has 0 aliphatic carbocycles. The molecule has 2 aromatic carbocycles. The Balaban J connectivity index is 2.16. The van der Waals surface area contributed by atoms with Gasteiger partial charge in [-0.05, 0) is 71.0 Å². The fourth-order valence-corrected chi connectivity index (χ4v) is 3.62. The van der Waals surface area contributed by atoms with Crippen LogP contribution in [-0.2, 0) is 21.6 Å². The summed E-state index contributed by atoms with van der Waals surface area (Å²) in [5.74, 6) is -0.199. The highest BCUT2D eigenvalue weighted by molar-refractivity contribution is 14.1. The monoisotopic (exact) mass is 480 g/mol. The molecule has 0 heterocycles. The standard InChI is InChI=1S/C23H29IO3/c1-22(2,17-25)13-8-14-23(3,19-11-7-12-20(24)15-19)21(26)27-16-18-9-5-4-6-10-18/h4-7,9-12,15,25H,8,13-14,16-17H2,1-3H3. The fourth-order valence-electron chi connectivity index (χ4n) is 3.08. The van der Waals surface area contributed by atoms with E-state index in [1.54, 1.807) is 0 Å². The second-order valence-corrected chi connectivity index (χ2v) is 9.33. The molecular weight excluding hydrogens is 451 g/mol. The maximum atomic E-state index is 13.1. The minimum absolute atomic E-state index is 0.139. The number of carbonyl (C=O) groups excluding carboxylic acids is 1. The van der Waals surface area contributed by atoms with Gasteiger partial charge < -0.3 is 9.84 Å². The predicted molar refractivity (Wildman–Crippen MR) is 117 cm³/mol. The van der Waals surface area contributed by atoms with Crippen molar-refractivity contribution in [3.05, 3.63) is 69.3 Å². The van der Waals surface area contributed by atoms with Crippen LogP contribution in [0.15, 0.2) is 54.6 Å². The molecule has 0 aliphatic rings. The van der Waals surface area contributed by atoms with Crippen LogP contribution in [0.4, 0.5) is 0 Å². The SMILES string of the molecule is CC(C)(CO)CCCC(C)(C(=O)OCc1ccccc1)c1cccc(I)c1. The molecule has 2 aromatic rings. The minimum Gasteiger partial charge on any atom is -0.460 e. The number of rotatable bonds is 9. The smallest absolute Gasteiger partial charge is 0.316 e. The number of hydrogen-bond donors (Lipinski definition) is 1. The molecule has 2 rings (SSSR count). The molecular formula is C23H29IO3. The average molecular weight is 480 g/mol. The number of hydrogen-bond acceptors (Lipinski definition) is 3. The van der Waals surface area contributed by atoms with Crippen LogP contribution in [0.25, 0.3) is 0 Å². The van der Waals surface area contributed by atoms with Gasteiger partial charge in [0.05, 0.1) is 5.41 Å². The molecule has 0 saturated carbocycles. The molecule has 0 aromatic heterocycles. The van der Waals surface area contributed by atoms with Crippen molar-refractivity contribution < 1.29 is 14.6 Å². The third kappa shape index (κ3) is 6.32. The molecule has 0 aliphatic heterocycles. The Hall–Kier alpha value is -1.40. The van der Waals surface area contributed by atoms with Crippen LogP contribution in [0, 0.1) is 8.99 Å². The lowest BCUT2D eigenvalue weighted by Gasteiger charge is -2.30. The number of esters is 1. The van der Waals surface area contributed by atoms with Gasteiger partial charge in [0.1, 0.15) is 6.61 Å². The Bertz CT molecular complexity index is 742. The molecule has 0 bridgehead atoms. The molecule has 3 nitrogen and oxygen atoms in total. The summed E-state index contributed by atoms with van der Waals surface area (Å²) in [5.41, 5.74) is 1.12. The van der Waals surface area contributed by atoms with Crippen LogP contribution in [0.2, 0.25) is 0 Å². The molecule has 27 heavy (non-hydrogen) atoms. The second kappa shape index (κ2) is 9.69. The van der Waals surface area contributed by atoms with E-state index in [2.05, 4.69) is 28.7 Å². The van der Waals surface area contributed by atoms with E-state index in [0.29, 0.717) is 6.42 Å². The number of aliphatic hydroxyl groups is 1. The van der Waals surface area contributed by atoms with Crippen molar-refractivity contribution in [2.24, 2.45) is 5.41 Å². The molecule has 0 saturated heterocycles. The van der Waals surface area contributed by atoms with Gasteiger partial charge in [-0.25, -0.2) is 0 Å². The van der Waals surface area contributed by atoms with Gasteiger partial charge in [0.15, 0.2) is 0 Å². The Morgan fingerprint density at radius 1 is 1.04 bits per heavy atom. The van der Waals surface area contributed by atoms with Gasteiger partial charge in [-0.15, -0.1) is 0 Å². The summed E-state index contributed by atoms with van der Waals surface area (Å²) in [7, 11) is 0. The summed E-state index contributed by atoms with van der Waals surface area (Å²) < 4.78 is 6.81. The highest BCUT2D eigenvalue weighted by atomic mass is 127. The van der Waals surface area contributed by atoms with Gasteiger partial charge in [0.25, 0.3) is 0 Å². The molecule has 0 fully saturated rings. The largest absolute Gasteiger partial charge is 0.460 e. The third-order valence-electron chi connectivity index (χ3n) is 5.08. The molecule has 4 heteroatoms. The van der Waals surface area contributed by atoms with Gasteiger partial charge in [-0.3, -0.25) is 4.79 Å². The number of benzene rings is 2. The first-order chi connectivity index (χ1) is 12.8. The summed E-state index contributed by atoms with van der Waals surface area (Å²) in [6.07, 6.45) is 2.38. The van der Waals surface area contributed by atoms with Crippen LogP contribution >= 0.6 is 22.6 Å². The number of ether oxygens (including phenoxy) is 1. The zero-order chi connectivity index (χ0) is 19.9. The van der Waals surface area contributed by atoms with Crippen molar-refractivity contribution in [3.63, 3.8) is 0 Å². The minimum atomic E-state index is -0.707. The normalized spacial score (nSPS) is 13.8. The van der Waals surface area contributed by atoms with Gasteiger partial charge in [-0.2, -0.15) is 0 Å². The summed E-state index contributed by atoms with van der Waals surface area (Å²) in [6, 6.07) is 17.8. The van der Waals surface area contributed by atoms with Crippen molar-refractivity contribution in [2.75, 3.05) is 6.61 Å². The first kappa shape index (κ1) is 21.9. The molecule has 1 unspecified atom stereocenters.